The Morgan fingerprint density at radius 2 is 1.83 bits per heavy atom. The Morgan fingerprint density at radius 1 is 1.17 bits per heavy atom. The monoisotopic (exact) mass is 243 g/mol. The molecule has 0 aliphatic rings. The Balaban J connectivity index is 2.16. The minimum absolute atomic E-state index is 0.0985. The van der Waals surface area contributed by atoms with Gasteiger partial charge in [0.15, 0.2) is 5.78 Å². The van der Waals surface area contributed by atoms with Crippen molar-refractivity contribution in [2.24, 2.45) is 0 Å². The summed E-state index contributed by atoms with van der Waals surface area (Å²) in [4.78, 5) is 12.0. The first-order valence-electron chi connectivity index (χ1n) is 5.70. The van der Waals surface area contributed by atoms with E-state index in [1.165, 1.54) is 6.07 Å². The van der Waals surface area contributed by atoms with Crippen molar-refractivity contribution < 1.29 is 9.18 Å². The Bertz CT molecular complexity index is 576. The molecule has 0 fully saturated rings. The van der Waals surface area contributed by atoms with E-state index in [4.69, 9.17) is 5.73 Å². The number of anilines is 1. The lowest BCUT2D eigenvalue weighted by Crippen LogP contribution is -2.04. The summed E-state index contributed by atoms with van der Waals surface area (Å²) in [5, 5.41) is 0. The number of nitrogens with two attached hydrogens (primary N) is 1. The van der Waals surface area contributed by atoms with Crippen molar-refractivity contribution in [3.05, 3.63) is 65.0 Å². The number of halogens is 1. The number of Topliss-reactive ketones (excluding diaryl/α,β-unsaturated/α-hetero) is 1. The largest absolute Gasteiger partial charge is 0.399 e. The fourth-order valence-corrected chi connectivity index (χ4v) is 1.69. The Morgan fingerprint density at radius 3 is 2.44 bits per heavy atom. The van der Waals surface area contributed by atoms with Gasteiger partial charge >= 0.3 is 0 Å². The summed E-state index contributed by atoms with van der Waals surface area (Å²) in [6.07, 6.45) is 0.253. The van der Waals surface area contributed by atoms with Gasteiger partial charge in [-0.3, -0.25) is 4.79 Å². The molecule has 0 aromatic heterocycles. The highest BCUT2D eigenvalue weighted by Crippen LogP contribution is 2.13. The summed E-state index contributed by atoms with van der Waals surface area (Å²) in [5.74, 6) is -0.447. The molecule has 0 saturated carbocycles. The first-order valence-corrected chi connectivity index (χ1v) is 5.70. The van der Waals surface area contributed by atoms with Crippen molar-refractivity contribution >= 4 is 11.5 Å². The van der Waals surface area contributed by atoms with Crippen LogP contribution in [0, 0.1) is 12.7 Å². The number of aryl methyl sites for hydroxylation is 1. The Hall–Kier alpha value is -2.16. The smallest absolute Gasteiger partial charge is 0.167 e. The molecule has 2 rings (SSSR count). The van der Waals surface area contributed by atoms with Gasteiger partial charge in [-0.2, -0.15) is 0 Å². The second-order valence-corrected chi connectivity index (χ2v) is 4.31. The predicted octanol–water partition coefficient (Wildman–Crippen LogP) is 3.14. The van der Waals surface area contributed by atoms with Crippen LogP contribution >= 0.6 is 0 Å². The standard InChI is InChI=1S/C15H14FNO/c1-10-2-5-12(9-14(10)16)15(18)8-11-3-6-13(17)7-4-11/h2-7,9H,8,17H2,1H3. The lowest BCUT2D eigenvalue weighted by molar-refractivity contribution is 0.0992. The molecule has 0 spiro atoms. The van der Waals surface area contributed by atoms with Crippen molar-refractivity contribution in [3.63, 3.8) is 0 Å². The summed E-state index contributed by atoms with van der Waals surface area (Å²) in [7, 11) is 0. The number of hydrogen-bond acceptors (Lipinski definition) is 2. The van der Waals surface area contributed by atoms with Gasteiger partial charge in [0, 0.05) is 17.7 Å². The summed E-state index contributed by atoms with van der Waals surface area (Å²) in [6, 6.07) is 11.7. The van der Waals surface area contributed by atoms with Crippen LogP contribution in [0.2, 0.25) is 0 Å². The van der Waals surface area contributed by atoms with Gasteiger partial charge in [0.2, 0.25) is 0 Å². The predicted molar refractivity (Wildman–Crippen MR) is 70.0 cm³/mol. The summed E-state index contributed by atoms with van der Waals surface area (Å²) >= 11 is 0. The second-order valence-electron chi connectivity index (χ2n) is 4.31. The molecule has 0 amide bonds. The molecule has 2 nitrogen and oxygen atoms in total. The highest BCUT2D eigenvalue weighted by atomic mass is 19.1. The lowest BCUT2D eigenvalue weighted by Gasteiger charge is -2.03. The average molecular weight is 243 g/mol. The summed E-state index contributed by atoms with van der Waals surface area (Å²) in [5.41, 5.74) is 8.04. The summed E-state index contributed by atoms with van der Waals surface area (Å²) in [6.45, 7) is 1.67. The fourth-order valence-electron chi connectivity index (χ4n) is 1.69. The molecule has 92 valence electrons. The van der Waals surface area contributed by atoms with E-state index in [1.807, 2.05) is 0 Å². The molecule has 0 radical (unpaired) electrons. The van der Waals surface area contributed by atoms with Gasteiger partial charge in [0.05, 0.1) is 0 Å². The van der Waals surface area contributed by atoms with Gasteiger partial charge in [-0.25, -0.2) is 4.39 Å². The molecule has 2 aromatic rings. The number of carbonyl (C=O) groups is 1. The van der Waals surface area contributed by atoms with Crippen LogP contribution in [0.15, 0.2) is 42.5 Å². The van der Waals surface area contributed by atoms with Crippen LogP contribution < -0.4 is 5.73 Å². The van der Waals surface area contributed by atoms with Gasteiger partial charge < -0.3 is 5.73 Å². The zero-order valence-corrected chi connectivity index (χ0v) is 10.1. The maximum Gasteiger partial charge on any atom is 0.167 e. The van der Waals surface area contributed by atoms with E-state index in [-0.39, 0.29) is 18.0 Å². The Labute approximate surface area is 105 Å². The molecular weight excluding hydrogens is 229 g/mol. The zero-order chi connectivity index (χ0) is 13.1. The number of rotatable bonds is 3. The van der Waals surface area contributed by atoms with Crippen LogP contribution in [0.1, 0.15) is 21.5 Å². The molecule has 2 N–H and O–H groups in total. The van der Waals surface area contributed by atoms with E-state index in [0.29, 0.717) is 16.8 Å². The van der Waals surface area contributed by atoms with E-state index in [2.05, 4.69) is 0 Å². The maximum atomic E-state index is 13.4. The van der Waals surface area contributed by atoms with E-state index in [0.717, 1.165) is 5.56 Å². The molecule has 0 saturated heterocycles. The van der Waals surface area contributed by atoms with Gasteiger partial charge in [-0.15, -0.1) is 0 Å². The van der Waals surface area contributed by atoms with Crippen LogP contribution in [0.25, 0.3) is 0 Å². The van der Waals surface area contributed by atoms with Crippen molar-refractivity contribution in [1.29, 1.82) is 0 Å². The molecule has 18 heavy (non-hydrogen) atoms. The molecule has 0 bridgehead atoms. The second kappa shape index (κ2) is 5.00. The van der Waals surface area contributed by atoms with Crippen LogP contribution in [0.5, 0.6) is 0 Å². The third kappa shape index (κ3) is 2.74. The molecule has 0 heterocycles. The van der Waals surface area contributed by atoms with Gasteiger partial charge in [0.25, 0.3) is 0 Å². The number of hydrogen-bond donors (Lipinski definition) is 1. The summed E-state index contributed by atoms with van der Waals surface area (Å²) < 4.78 is 13.4. The van der Waals surface area contributed by atoms with Crippen molar-refractivity contribution in [1.82, 2.24) is 0 Å². The van der Waals surface area contributed by atoms with Crippen LogP contribution in [-0.4, -0.2) is 5.78 Å². The number of benzene rings is 2. The quantitative estimate of drug-likeness (QED) is 0.664. The third-order valence-corrected chi connectivity index (χ3v) is 2.84. The number of carbonyl (C=O) groups excluding carboxylic acids is 1. The fraction of sp³-hybridized carbons (Fsp3) is 0.133. The van der Waals surface area contributed by atoms with Crippen molar-refractivity contribution in [2.75, 3.05) is 5.73 Å². The average Bonchev–Trinajstić information content (AvgIpc) is 2.35. The SMILES string of the molecule is Cc1ccc(C(=O)Cc2ccc(N)cc2)cc1F. The topological polar surface area (TPSA) is 43.1 Å². The molecule has 3 heteroatoms. The number of nitrogen functional groups attached to an aromatic ring is 1. The van der Waals surface area contributed by atoms with Gasteiger partial charge in [-0.05, 0) is 36.2 Å². The molecule has 0 aliphatic carbocycles. The number of ketones is 1. The molecule has 0 atom stereocenters. The van der Waals surface area contributed by atoms with Crippen LogP contribution in [-0.2, 0) is 6.42 Å². The lowest BCUT2D eigenvalue weighted by atomic mass is 10.0. The highest BCUT2D eigenvalue weighted by molar-refractivity contribution is 5.97. The third-order valence-electron chi connectivity index (χ3n) is 2.84. The van der Waals surface area contributed by atoms with E-state index in [9.17, 15) is 9.18 Å². The molecule has 0 aliphatic heterocycles. The van der Waals surface area contributed by atoms with Crippen LogP contribution in [0.4, 0.5) is 10.1 Å². The Kier molecular flexibility index (Phi) is 3.42. The van der Waals surface area contributed by atoms with Gasteiger partial charge in [-0.1, -0.05) is 24.3 Å². The molecule has 0 unspecified atom stereocenters. The van der Waals surface area contributed by atoms with E-state index in [1.54, 1.807) is 43.3 Å². The van der Waals surface area contributed by atoms with E-state index < -0.39 is 0 Å². The van der Waals surface area contributed by atoms with Crippen LogP contribution in [0.3, 0.4) is 0 Å². The van der Waals surface area contributed by atoms with Crippen molar-refractivity contribution in [3.8, 4) is 0 Å². The first kappa shape index (κ1) is 12.3. The minimum atomic E-state index is -0.349. The minimum Gasteiger partial charge on any atom is -0.399 e. The first-order chi connectivity index (χ1) is 8.56. The zero-order valence-electron chi connectivity index (χ0n) is 10.1. The normalized spacial score (nSPS) is 10.3. The van der Waals surface area contributed by atoms with Crippen molar-refractivity contribution in [2.45, 2.75) is 13.3 Å². The van der Waals surface area contributed by atoms with E-state index >= 15 is 0 Å². The highest BCUT2D eigenvalue weighted by Gasteiger charge is 2.09. The van der Waals surface area contributed by atoms with Gasteiger partial charge in [0.1, 0.15) is 5.82 Å². The molecule has 2 aromatic carbocycles. The molecular formula is C15H14FNO. The maximum absolute atomic E-state index is 13.4.